The first-order valence-electron chi connectivity index (χ1n) is 10.1. The standard InChI is InChI=1S/C22H29N5O2/c1-16-10-19(23-25(16)4)20(28)27-13-18-12-26(11-17-8-6-5-7-9-17)14-22(18,15-27)21(29)24(2)3/h5-10,18H,11-15H2,1-4H3/t18-,22-/m0/s1. The van der Waals surface area contributed by atoms with Crippen molar-refractivity contribution in [1.29, 1.82) is 0 Å². The molecule has 0 N–H and O–H groups in total. The largest absolute Gasteiger partial charge is 0.348 e. The van der Waals surface area contributed by atoms with E-state index in [2.05, 4.69) is 22.1 Å². The smallest absolute Gasteiger partial charge is 0.274 e. The first-order chi connectivity index (χ1) is 13.8. The van der Waals surface area contributed by atoms with E-state index in [0.717, 1.165) is 18.8 Å². The minimum Gasteiger partial charge on any atom is -0.348 e. The van der Waals surface area contributed by atoms with Crippen molar-refractivity contribution in [3.63, 3.8) is 0 Å². The third-order valence-electron chi connectivity index (χ3n) is 6.38. The van der Waals surface area contributed by atoms with Crippen molar-refractivity contribution in [2.45, 2.75) is 13.5 Å². The second-order valence-corrected chi connectivity index (χ2v) is 8.69. The number of benzene rings is 1. The molecule has 0 spiro atoms. The normalized spacial score (nSPS) is 24.0. The molecule has 154 valence electrons. The number of rotatable bonds is 4. The fourth-order valence-corrected chi connectivity index (χ4v) is 4.86. The van der Waals surface area contributed by atoms with Crippen LogP contribution in [0.4, 0.5) is 0 Å². The van der Waals surface area contributed by atoms with Crippen molar-refractivity contribution in [2.75, 3.05) is 40.3 Å². The lowest BCUT2D eigenvalue weighted by atomic mass is 9.80. The molecule has 2 atom stereocenters. The number of hydrogen-bond acceptors (Lipinski definition) is 4. The Labute approximate surface area is 171 Å². The lowest BCUT2D eigenvalue weighted by Gasteiger charge is -2.30. The first-order valence-corrected chi connectivity index (χ1v) is 10.1. The molecule has 1 aromatic heterocycles. The maximum Gasteiger partial charge on any atom is 0.274 e. The highest BCUT2D eigenvalue weighted by Gasteiger charge is 2.58. The summed E-state index contributed by atoms with van der Waals surface area (Å²) in [5.74, 6) is 0.170. The molecule has 0 aliphatic carbocycles. The van der Waals surface area contributed by atoms with E-state index >= 15 is 0 Å². The van der Waals surface area contributed by atoms with Crippen LogP contribution in [0.25, 0.3) is 0 Å². The number of nitrogens with zero attached hydrogens (tertiary/aromatic N) is 5. The molecule has 0 unspecified atom stereocenters. The summed E-state index contributed by atoms with van der Waals surface area (Å²) in [6, 6.07) is 12.2. The van der Waals surface area contributed by atoms with Crippen LogP contribution in [0.15, 0.2) is 36.4 Å². The van der Waals surface area contributed by atoms with Crippen LogP contribution in [-0.4, -0.2) is 76.6 Å². The van der Waals surface area contributed by atoms with Crippen LogP contribution >= 0.6 is 0 Å². The van der Waals surface area contributed by atoms with Crippen LogP contribution in [0.1, 0.15) is 21.7 Å². The van der Waals surface area contributed by atoms with Gasteiger partial charge in [-0.2, -0.15) is 5.10 Å². The third kappa shape index (κ3) is 3.44. The topological polar surface area (TPSA) is 61.7 Å². The Hall–Kier alpha value is -2.67. The summed E-state index contributed by atoms with van der Waals surface area (Å²) in [5.41, 5.74) is 2.11. The highest BCUT2D eigenvalue weighted by atomic mass is 16.2. The van der Waals surface area contributed by atoms with Gasteiger partial charge >= 0.3 is 0 Å². The Balaban J connectivity index is 1.55. The average Bonchev–Trinajstić information content (AvgIpc) is 3.32. The van der Waals surface area contributed by atoms with Gasteiger partial charge in [0.1, 0.15) is 0 Å². The number of aromatic nitrogens is 2. The maximum absolute atomic E-state index is 13.3. The Kier molecular flexibility index (Phi) is 4.94. The van der Waals surface area contributed by atoms with Crippen LogP contribution in [0.2, 0.25) is 0 Å². The Morgan fingerprint density at radius 1 is 1.17 bits per heavy atom. The molecule has 2 saturated heterocycles. The summed E-state index contributed by atoms with van der Waals surface area (Å²) in [5, 5.41) is 4.34. The molecule has 1 aromatic carbocycles. The molecular weight excluding hydrogens is 366 g/mol. The monoisotopic (exact) mass is 395 g/mol. The SMILES string of the molecule is Cc1cc(C(=O)N2C[C@@H]3CN(Cc4ccccc4)C[C@]3(C(=O)N(C)C)C2)nn1C. The van der Waals surface area contributed by atoms with Crippen molar-refractivity contribution in [1.82, 2.24) is 24.5 Å². The number of amides is 2. The van der Waals surface area contributed by atoms with Crippen molar-refractivity contribution < 1.29 is 9.59 Å². The zero-order valence-electron chi connectivity index (χ0n) is 17.6. The lowest BCUT2D eigenvalue weighted by Crippen LogP contribution is -2.47. The highest BCUT2D eigenvalue weighted by Crippen LogP contribution is 2.44. The van der Waals surface area contributed by atoms with E-state index in [-0.39, 0.29) is 17.7 Å². The molecule has 2 fully saturated rings. The van der Waals surface area contributed by atoms with E-state index < -0.39 is 5.41 Å². The second-order valence-electron chi connectivity index (χ2n) is 8.69. The van der Waals surface area contributed by atoms with Gasteiger partial charge in [0.25, 0.3) is 5.91 Å². The van der Waals surface area contributed by atoms with E-state index in [0.29, 0.717) is 25.3 Å². The van der Waals surface area contributed by atoms with Crippen molar-refractivity contribution in [3.8, 4) is 0 Å². The van der Waals surface area contributed by atoms with Gasteiger partial charge in [-0.1, -0.05) is 30.3 Å². The number of carbonyl (C=O) groups excluding carboxylic acids is 2. The van der Waals surface area contributed by atoms with Crippen LogP contribution in [0.3, 0.4) is 0 Å². The summed E-state index contributed by atoms with van der Waals surface area (Å²) in [6.45, 7) is 5.30. The van der Waals surface area contributed by atoms with E-state index in [1.165, 1.54) is 5.56 Å². The van der Waals surface area contributed by atoms with Gasteiger partial charge in [-0.15, -0.1) is 0 Å². The van der Waals surface area contributed by atoms with E-state index in [9.17, 15) is 9.59 Å². The molecule has 29 heavy (non-hydrogen) atoms. The molecule has 0 radical (unpaired) electrons. The highest BCUT2D eigenvalue weighted by molar-refractivity contribution is 5.94. The van der Waals surface area contributed by atoms with Crippen LogP contribution in [-0.2, 0) is 18.4 Å². The Morgan fingerprint density at radius 2 is 1.90 bits per heavy atom. The van der Waals surface area contributed by atoms with E-state index in [1.54, 1.807) is 23.7 Å². The van der Waals surface area contributed by atoms with Crippen LogP contribution in [0, 0.1) is 18.3 Å². The zero-order valence-corrected chi connectivity index (χ0v) is 17.6. The van der Waals surface area contributed by atoms with Gasteiger partial charge in [-0.3, -0.25) is 19.2 Å². The first kappa shape index (κ1) is 19.6. The van der Waals surface area contributed by atoms with Crippen LogP contribution in [0.5, 0.6) is 0 Å². The second kappa shape index (κ2) is 7.30. The molecule has 4 rings (SSSR count). The predicted octanol–water partition coefficient (Wildman–Crippen LogP) is 1.39. The average molecular weight is 396 g/mol. The summed E-state index contributed by atoms with van der Waals surface area (Å²) in [7, 11) is 5.45. The van der Waals surface area contributed by atoms with Gasteiger partial charge < -0.3 is 9.80 Å². The molecule has 0 bridgehead atoms. The minimum absolute atomic E-state index is 0.0800. The summed E-state index contributed by atoms with van der Waals surface area (Å²) >= 11 is 0. The molecule has 7 nitrogen and oxygen atoms in total. The quantitative estimate of drug-likeness (QED) is 0.785. The van der Waals surface area contributed by atoms with Crippen molar-refractivity contribution in [3.05, 3.63) is 53.3 Å². The Morgan fingerprint density at radius 3 is 2.52 bits per heavy atom. The number of carbonyl (C=O) groups is 2. The molecule has 7 heteroatoms. The summed E-state index contributed by atoms with van der Waals surface area (Å²) in [6.07, 6.45) is 0. The molecule has 3 heterocycles. The van der Waals surface area contributed by atoms with Crippen molar-refractivity contribution >= 4 is 11.8 Å². The van der Waals surface area contributed by atoms with Gasteiger partial charge in [-0.25, -0.2) is 0 Å². The summed E-state index contributed by atoms with van der Waals surface area (Å²) < 4.78 is 1.71. The maximum atomic E-state index is 13.3. The van der Waals surface area contributed by atoms with Gasteiger partial charge in [0, 0.05) is 65.5 Å². The lowest BCUT2D eigenvalue weighted by molar-refractivity contribution is -0.139. The number of likely N-dealkylation sites (tertiary alicyclic amines) is 2. The molecule has 0 saturated carbocycles. The van der Waals surface area contributed by atoms with Gasteiger partial charge in [0.15, 0.2) is 5.69 Å². The fraction of sp³-hybridized carbons (Fsp3) is 0.500. The zero-order chi connectivity index (χ0) is 20.8. The third-order valence-corrected chi connectivity index (χ3v) is 6.38. The molecule has 2 aromatic rings. The van der Waals surface area contributed by atoms with Gasteiger partial charge in [0.2, 0.25) is 5.91 Å². The number of fused-ring (bicyclic) bond motifs is 1. The van der Waals surface area contributed by atoms with E-state index in [1.807, 2.05) is 43.1 Å². The van der Waals surface area contributed by atoms with Gasteiger partial charge in [-0.05, 0) is 18.6 Å². The molecule has 2 aliphatic rings. The minimum atomic E-state index is -0.544. The molecule has 2 amide bonds. The van der Waals surface area contributed by atoms with Crippen LogP contribution < -0.4 is 0 Å². The Bertz CT molecular complexity index is 903. The molecule has 2 aliphatic heterocycles. The summed E-state index contributed by atoms with van der Waals surface area (Å²) in [4.78, 5) is 32.2. The number of hydrogen-bond donors (Lipinski definition) is 0. The predicted molar refractivity (Wildman–Crippen MR) is 110 cm³/mol. The van der Waals surface area contributed by atoms with Gasteiger partial charge in [0.05, 0.1) is 5.41 Å². The van der Waals surface area contributed by atoms with Crippen molar-refractivity contribution in [2.24, 2.45) is 18.4 Å². The van der Waals surface area contributed by atoms with E-state index in [4.69, 9.17) is 0 Å². The fourth-order valence-electron chi connectivity index (χ4n) is 4.86. The molecular formula is C22H29N5O2. The number of aryl methyl sites for hydroxylation is 2.